The van der Waals surface area contributed by atoms with E-state index in [0.29, 0.717) is 27.5 Å². The van der Waals surface area contributed by atoms with Crippen molar-refractivity contribution in [2.24, 2.45) is 0 Å². The average Bonchev–Trinajstić information content (AvgIpc) is 3.26. The first-order valence-corrected chi connectivity index (χ1v) is 11.0. The van der Waals surface area contributed by atoms with Crippen molar-refractivity contribution in [3.63, 3.8) is 0 Å². The van der Waals surface area contributed by atoms with Crippen LogP contribution in [0.15, 0.2) is 54.6 Å². The highest BCUT2D eigenvalue weighted by Crippen LogP contribution is 2.20. The largest absolute Gasteiger partial charge is 0.465 e. The van der Waals surface area contributed by atoms with Crippen molar-refractivity contribution in [1.82, 2.24) is 19.9 Å². The van der Waals surface area contributed by atoms with Gasteiger partial charge in [-0.05, 0) is 55.8 Å². The van der Waals surface area contributed by atoms with Crippen molar-refractivity contribution in [1.29, 1.82) is 0 Å². The van der Waals surface area contributed by atoms with Crippen molar-refractivity contribution < 1.29 is 19.1 Å². The molecule has 9 nitrogen and oxygen atoms in total. The van der Waals surface area contributed by atoms with E-state index >= 15 is 0 Å². The lowest BCUT2D eigenvalue weighted by molar-refractivity contribution is 0.0600. The molecule has 4 rings (SSSR count). The van der Waals surface area contributed by atoms with Gasteiger partial charge in [0.1, 0.15) is 0 Å². The minimum Gasteiger partial charge on any atom is -0.465 e. The van der Waals surface area contributed by atoms with Crippen LogP contribution in [0, 0.1) is 13.8 Å². The molecule has 10 heteroatoms. The van der Waals surface area contributed by atoms with Crippen LogP contribution < -0.4 is 10.6 Å². The van der Waals surface area contributed by atoms with Crippen LogP contribution >= 0.6 is 11.6 Å². The summed E-state index contributed by atoms with van der Waals surface area (Å²) in [6.45, 7) is 3.83. The predicted octanol–water partition coefficient (Wildman–Crippen LogP) is 3.97. The Balaban J connectivity index is 1.55. The number of halogens is 1. The van der Waals surface area contributed by atoms with Crippen molar-refractivity contribution in [2.75, 3.05) is 12.4 Å². The molecule has 0 fully saturated rings. The van der Waals surface area contributed by atoms with Gasteiger partial charge in [0.05, 0.1) is 23.3 Å². The molecule has 0 aliphatic carbocycles. The number of rotatable bonds is 6. The Bertz CT molecular complexity index is 1460. The molecule has 2 heterocycles. The Kier molecular flexibility index (Phi) is 6.79. The molecule has 0 aliphatic heterocycles. The number of aryl methyl sites for hydroxylation is 2. The summed E-state index contributed by atoms with van der Waals surface area (Å²) in [7, 11) is 1.26. The number of nitrogens with one attached hydrogen (secondary N) is 2. The number of fused-ring (bicyclic) bond motifs is 1. The lowest BCUT2D eigenvalue weighted by Gasteiger charge is -2.11. The molecule has 0 radical (unpaired) electrons. The molecule has 0 unspecified atom stereocenters. The number of carbonyl (C=O) groups excluding carboxylic acids is 3. The first-order chi connectivity index (χ1) is 16.7. The lowest BCUT2D eigenvalue weighted by atomic mass is 10.1. The minimum absolute atomic E-state index is 0.0813. The number of methoxy groups -OCH3 is 1. The molecule has 0 saturated heterocycles. The zero-order valence-electron chi connectivity index (χ0n) is 19.3. The number of nitrogens with zero attached hydrogens (tertiary/aromatic N) is 3. The SMILES string of the molecule is COC(=O)c1cc(CNC(=O)c2cc3nc(C)cc(C)n3n2)cc(NC(=O)c2ccccc2Cl)c1. The number of hydrogen-bond donors (Lipinski definition) is 2. The summed E-state index contributed by atoms with van der Waals surface area (Å²) in [6.07, 6.45) is 0. The van der Waals surface area contributed by atoms with Gasteiger partial charge in [-0.25, -0.2) is 14.3 Å². The van der Waals surface area contributed by atoms with Gasteiger partial charge in [-0.2, -0.15) is 5.10 Å². The molecule has 178 valence electrons. The number of amides is 2. The normalized spacial score (nSPS) is 10.7. The topological polar surface area (TPSA) is 115 Å². The third-order valence-corrected chi connectivity index (χ3v) is 5.54. The number of aromatic nitrogens is 3. The molecular formula is C25H22ClN5O4. The van der Waals surface area contributed by atoms with Gasteiger partial charge in [-0.3, -0.25) is 9.59 Å². The number of hydrogen-bond acceptors (Lipinski definition) is 6. The maximum Gasteiger partial charge on any atom is 0.337 e. The summed E-state index contributed by atoms with van der Waals surface area (Å²) in [5.41, 5.74) is 3.90. The molecular weight excluding hydrogens is 470 g/mol. The molecule has 2 aromatic heterocycles. The van der Waals surface area contributed by atoms with Crippen molar-refractivity contribution in [3.8, 4) is 0 Å². The van der Waals surface area contributed by atoms with Crippen LogP contribution in [0.4, 0.5) is 5.69 Å². The Morgan fingerprint density at radius 1 is 1.03 bits per heavy atom. The maximum absolute atomic E-state index is 12.8. The first-order valence-electron chi connectivity index (χ1n) is 10.7. The van der Waals surface area contributed by atoms with Crippen LogP contribution in [0.3, 0.4) is 0 Å². The summed E-state index contributed by atoms with van der Waals surface area (Å²) < 4.78 is 6.42. The Morgan fingerprint density at radius 2 is 1.80 bits per heavy atom. The Labute approximate surface area is 206 Å². The molecule has 0 bridgehead atoms. The monoisotopic (exact) mass is 491 g/mol. The third-order valence-electron chi connectivity index (χ3n) is 5.21. The summed E-state index contributed by atoms with van der Waals surface area (Å²) in [4.78, 5) is 42.0. The van der Waals surface area contributed by atoms with E-state index in [1.807, 2.05) is 19.9 Å². The van der Waals surface area contributed by atoms with Gasteiger partial charge in [0.15, 0.2) is 11.3 Å². The van der Waals surface area contributed by atoms with Gasteiger partial charge in [0.25, 0.3) is 11.8 Å². The molecule has 0 atom stereocenters. The molecule has 2 aromatic carbocycles. The van der Waals surface area contributed by atoms with Gasteiger partial charge in [0.2, 0.25) is 0 Å². The quantitative estimate of drug-likeness (QED) is 0.394. The van der Waals surface area contributed by atoms with Gasteiger partial charge in [-0.1, -0.05) is 23.7 Å². The van der Waals surface area contributed by atoms with Gasteiger partial charge >= 0.3 is 5.97 Å². The van der Waals surface area contributed by atoms with Crippen LogP contribution in [0.25, 0.3) is 5.65 Å². The molecule has 2 N–H and O–H groups in total. The van der Waals surface area contributed by atoms with Crippen molar-refractivity contribution in [3.05, 3.63) is 93.4 Å². The highest BCUT2D eigenvalue weighted by molar-refractivity contribution is 6.34. The van der Waals surface area contributed by atoms with E-state index in [1.54, 1.807) is 47.0 Å². The number of ether oxygens (including phenoxy) is 1. The van der Waals surface area contributed by atoms with Crippen LogP contribution in [0.5, 0.6) is 0 Å². The number of anilines is 1. The fraction of sp³-hybridized carbons (Fsp3) is 0.160. The Hall–Kier alpha value is -4.24. The number of carbonyl (C=O) groups is 3. The second-order valence-corrected chi connectivity index (χ2v) is 8.27. The maximum atomic E-state index is 12.8. The predicted molar refractivity (Wildman–Crippen MR) is 131 cm³/mol. The summed E-state index contributed by atoms with van der Waals surface area (Å²) >= 11 is 6.12. The van der Waals surface area contributed by atoms with E-state index in [1.165, 1.54) is 13.2 Å². The van der Waals surface area contributed by atoms with E-state index in [0.717, 1.165) is 11.4 Å². The summed E-state index contributed by atoms with van der Waals surface area (Å²) in [5, 5.41) is 10.1. The van der Waals surface area contributed by atoms with Gasteiger partial charge < -0.3 is 15.4 Å². The summed E-state index contributed by atoms with van der Waals surface area (Å²) in [6, 6.07) is 14.8. The zero-order chi connectivity index (χ0) is 25.1. The van der Waals surface area contributed by atoms with E-state index in [9.17, 15) is 14.4 Å². The fourth-order valence-corrected chi connectivity index (χ4v) is 3.84. The van der Waals surface area contributed by atoms with Gasteiger partial charge in [-0.15, -0.1) is 0 Å². The molecule has 35 heavy (non-hydrogen) atoms. The molecule has 4 aromatic rings. The second kappa shape index (κ2) is 9.94. The van der Waals surface area contributed by atoms with E-state index in [-0.39, 0.29) is 17.8 Å². The number of benzene rings is 2. The lowest BCUT2D eigenvalue weighted by Crippen LogP contribution is -2.23. The highest BCUT2D eigenvalue weighted by atomic mass is 35.5. The van der Waals surface area contributed by atoms with Crippen molar-refractivity contribution >= 4 is 40.7 Å². The smallest absolute Gasteiger partial charge is 0.337 e. The van der Waals surface area contributed by atoms with Crippen LogP contribution in [0.1, 0.15) is 48.2 Å². The number of esters is 1. The van der Waals surface area contributed by atoms with E-state index in [2.05, 4.69) is 20.7 Å². The van der Waals surface area contributed by atoms with Crippen LogP contribution in [-0.2, 0) is 11.3 Å². The average molecular weight is 492 g/mol. The molecule has 0 spiro atoms. The summed E-state index contributed by atoms with van der Waals surface area (Å²) in [5.74, 6) is -1.42. The standard InChI is InChI=1S/C25H22ClN5O4/c1-14-8-15(2)31-22(28-14)12-21(30-31)24(33)27-13-16-9-17(25(34)35-3)11-18(10-16)29-23(32)19-6-4-5-7-20(19)26/h4-12H,13H2,1-3H3,(H,27,33)(H,29,32). The highest BCUT2D eigenvalue weighted by Gasteiger charge is 2.16. The van der Waals surface area contributed by atoms with E-state index < -0.39 is 17.8 Å². The minimum atomic E-state index is -0.580. The van der Waals surface area contributed by atoms with Crippen molar-refractivity contribution in [2.45, 2.75) is 20.4 Å². The first kappa shape index (κ1) is 23.9. The van der Waals surface area contributed by atoms with Crippen LogP contribution in [-0.4, -0.2) is 39.5 Å². The van der Waals surface area contributed by atoms with Crippen LogP contribution in [0.2, 0.25) is 5.02 Å². The Morgan fingerprint density at radius 3 is 2.54 bits per heavy atom. The fourth-order valence-electron chi connectivity index (χ4n) is 3.62. The van der Waals surface area contributed by atoms with Gasteiger partial charge in [0, 0.05) is 29.7 Å². The molecule has 2 amide bonds. The molecule has 0 saturated carbocycles. The zero-order valence-corrected chi connectivity index (χ0v) is 20.0. The third kappa shape index (κ3) is 5.30. The second-order valence-electron chi connectivity index (χ2n) is 7.87. The molecule has 0 aliphatic rings. The van der Waals surface area contributed by atoms with E-state index in [4.69, 9.17) is 16.3 Å².